The van der Waals surface area contributed by atoms with E-state index in [4.69, 9.17) is 9.47 Å². The Morgan fingerprint density at radius 2 is 2.20 bits per heavy atom. The molecule has 1 aliphatic heterocycles. The molecule has 0 spiro atoms. The SMILES string of the molecule is FC(F)(F)c1cccc(OCCNCC2CCOC2)c1. The van der Waals surface area contributed by atoms with Crippen LogP contribution < -0.4 is 10.1 Å². The van der Waals surface area contributed by atoms with E-state index in [1.165, 1.54) is 12.1 Å². The van der Waals surface area contributed by atoms with Gasteiger partial charge in [-0.05, 0) is 30.5 Å². The molecule has 0 amide bonds. The van der Waals surface area contributed by atoms with Crippen LogP contribution in [0.1, 0.15) is 12.0 Å². The lowest BCUT2D eigenvalue weighted by Crippen LogP contribution is -2.27. The van der Waals surface area contributed by atoms with Crippen LogP contribution in [0.3, 0.4) is 0 Å². The van der Waals surface area contributed by atoms with Crippen LogP contribution in [0.4, 0.5) is 13.2 Å². The fraction of sp³-hybridized carbons (Fsp3) is 0.571. The van der Waals surface area contributed by atoms with Gasteiger partial charge in [-0.1, -0.05) is 6.07 Å². The number of benzene rings is 1. The summed E-state index contributed by atoms with van der Waals surface area (Å²) in [5.74, 6) is 0.773. The van der Waals surface area contributed by atoms with Gasteiger partial charge in [-0.25, -0.2) is 0 Å². The molecular formula is C14H18F3NO2. The second-order valence-corrected chi connectivity index (χ2v) is 4.81. The Hall–Kier alpha value is -1.27. The van der Waals surface area contributed by atoms with Gasteiger partial charge in [0.2, 0.25) is 0 Å². The van der Waals surface area contributed by atoms with E-state index in [2.05, 4.69) is 5.32 Å². The van der Waals surface area contributed by atoms with Crippen molar-refractivity contribution in [1.82, 2.24) is 5.32 Å². The lowest BCUT2D eigenvalue weighted by Gasteiger charge is -2.12. The molecule has 3 nitrogen and oxygen atoms in total. The van der Waals surface area contributed by atoms with Gasteiger partial charge in [0.15, 0.2) is 0 Å². The lowest BCUT2D eigenvalue weighted by atomic mass is 10.1. The van der Waals surface area contributed by atoms with Crippen molar-refractivity contribution in [2.75, 3.05) is 32.9 Å². The molecule has 1 aromatic carbocycles. The maximum atomic E-state index is 12.5. The zero-order valence-corrected chi connectivity index (χ0v) is 11.1. The minimum Gasteiger partial charge on any atom is -0.492 e. The summed E-state index contributed by atoms with van der Waals surface area (Å²) in [6, 6.07) is 4.93. The average molecular weight is 289 g/mol. The molecular weight excluding hydrogens is 271 g/mol. The highest BCUT2D eigenvalue weighted by Crippen LogP contribution is 2.31. The van der Waals surface area contributed by atoms with E-state index in [0.29, 0.717) is 19.1 Å². The second kappa shape index (κ2) is 6.95. The molecule has 1 fully saturated rings. The maximum absolute atomic E-state index is 12.5. The largest absolute Gasteiger partial charge is 0.492 e. The topological polar surface area (TPSA) is 30.5 Å². The van der Waals surface area contributed by atoms with Crippen molar-refractivity contribution in [3.8, 4) is 5.75 Å². The van der Waals surface area contributed by atoms with E-state index in [-0.39, 0.29) is 5.75 Å². The molecule has 1 saturated heterocycles. The minimum atomic E-state index is -4.33. The van der Waals surface area contributed by atoms with Crippen LogP contribution in [0.25, 0.3) is 0 Å². The van der Waals surface area contributed by atoms with Gasteiger partial charge in [-0.3, -0.25) is 0 Å². The molecule has 0 radical (unpaired) electrons. The lowest BCUT2D eigenvalue weighted by molar-refractivity contribution is -0.137. The summed E-state index contributed by atoms with van der Waals surface area (Å²) in [6.07, 6.45) is -3.28. The highest BCUT2D eigenvalue weighted by molar-refractivity contribution is 5.30. The van der Waals surface area contributed by atoms with Crippen molar-refractivity contribution in [2.45, 2.75) is 12.6 Å². The number of halogens is 3. The maximum Gasteiger partial charge on any atom is 0.416 e. The van der Waals surface area contributed by atoms with E-state index < -0.39 is 11.7 Å². The first kappa shape index (κ1) is 15.1. The van der Waals surface area contributed by atoms with Crippen molar-refractivity contribution >= 4 is 0 Å². The Labute approximate surface area is 116 Å². The molecule has 0 bridgehead atoms. The molecule has 1 heterocycles. The van der Waals surface area contributed by atoms with Crippen molar-refractivity contribution in [2.24, 2.45) is 5.92 Å². The van der Waals surface area contributed by atoms with Crippen LogP contribution in [0.15, 0.2) is 24.3 Å². The van der Waals surface area contributed by atoms with Gasteiger partial charge >= 0.3 is 6.18 Å². The summed E-state index contributed by atoms with van der Waals surface area (Å²) < 4.78 is 48.1. The zero-order valence-electron chi connectivity index (χ0n) is 11.1. The number of hydrogen-bond acceptors (Lipinski definition) is 3. The third kappa shape index (κ3) is 4.68. The summed E-state index contributed by atoms with van der Waals surface area (Å²) in [5.41, 5.74) is -0.689. The third-order valence-electron chi connectivity index (χ3n) is 3.17. The van der Waals surface area contributed by atoms with Crippen molar-refractivity contribution < 1.29 is 22.6 Å². The number of ether oxygens (including phenoxy) is 2. The highest BCUT2D eigenvalue weighted by atomic mass is 19.4. The first-order chi connectivity index (χ1) is 9.55. The van der Waals surface area contributed by atoms with Crippen LogP contribution in [0.2, 0.25) is 0 Å². The fourth-order valence-corrected chi connectivity index (χ4v) is 2.05. The molecule has 20 heavy (non-hydrogen) atoms. The Balaban J connectivity index is 1.68. The van der Waals surface area contributed by atoms with Crippen molar-refractivity contribution in [1.29, 1.82) is 0 Å². The van der Waals surface area contributed by atoms with Gasteiger partial charge < -0.3 is 14.8 Å². The van der Waals surface area contributed by atoms with Crippen molar-refractivity contribution in [3.05, 3.63) is 29.8 Å². The van der Waals surface area contributed by atoms with Crippen molar-refractivity contribution in [3.63, 3.8) is 0 Å². The second-order valence-electron chi connectivity index (χ2n) is 4.81. The van der Waals surface area contributed by atoms with E-state index in [1.54, 1.807) is 0 Å². The Morgan fingerprint density at radius 3 is 2.90 bits per heavy atom. The smallest absolute Gasteiger partial charge is 0.416 e. The molecule has 2 rings (SSSR count). The molecule has 0 saturated carbocycles. The Bertz CT molecular complexity index is 417. The van der Waals surface area contributed by atoms with E-state index in [0.717, 1.165) is 38.3 Å². The average Bonchev–Trinajstić information content (AvgIpc) is 2.91. The molecule has 1 aliphatic rings. The minimum absolute atomic E-state index is 0.242. The van der Waals surface area contributed by atoms with E-state index >= 15 is 0 Å². The summed E-state index contributed by atoms with van der Waals surface area (Å²) in [4.78, 5) is 0. The van der Waals surface area contributed by atoms with Crippen LogP contribution in [0, 0.1) is 5.92 Å². The molecule has 1 aromatic rings. The monoisotopic (exact) mass is 289 g/mol. The Kier molecular flexibility index (Phi) is 5.25. The van der Waals surface area contributed by atoms with Gasteiger partial charge in [0.05, 0.1) is 12.2 Å². The molecule has 1 atom stereocenters. The van der Waals surface area contributed by atoms with Crippen LogP contribution in [0.5, 0.6) is 5.75 Å². The van der Waals surface area contributed by atoms with Gasteiger partial charge in [0.1, 0.15) is 12.4 Å². The molecule has 1 N–H and O–H groups in total. The van der Waals surface area contributed by atoms with Crippen LogP contribution in [-0.2, 0) is 10.9 Å². The summed E-state index contributed by atoms with van der Waals surface area (Å²) in [5, 5.41) is 3.22. The molecule has 1 unspecified atom stereocenters. The Morgan fingerprint density at radius 1 is 1.35 bits per heavy atom. The predicted molar refractivity (Wildman–Crippen MR) is 68.7 cm³/mol. The van der Waals surface area contributed by atoms with E-state index in [9.17, 15) is 13.2 Å². The zero-order chi connectivity index (χ0) is 14.4. The number of hydrogen-bond donors (Lipinski definition) is 1. The molecule has 0 aromatic heterocycles. The number of rotatable bonds is 6. The number of nitrogens with one attached hydrogen (secondary N) is 1. The standard InChI is InChI=1S/C14H18F3NO2/c15-14(16,17)12-2-1-3-13(8-12)20-7-5-18-9-11-4-6-19-10-11/h1-3,8,11,18H,4-7,9-10H2. The summed E-state index contributed by atoms with van der Waals surface area (Å²) in [7, 11) is 0. The first-order valence-corrected chi connectivity index (χ1v) is 6.64. The van der Waals surface area contributed by atoms with Gasteiger partial charge in [-0.2, -0.15) is 13.2 Å². The quantitative estimate of drug-likeness (QED) is 0.817. The predicted octanol–water partition coefficient (Wildman–Crippen LogP) is 2.71. The summed E-state index contributed by atoms with van der Waals surface area (Å²) >= 11 is 0. The number of alkyl halides is 3. The van der Waals surface area contributed by atoms with Gasteiger partial charge in [0.25, 0.3) is 0 Å². The molecule has 0 aliphatic carbocycles. The van der Waals surface area contributed by atoms with Crippen LogP contribution in [-0.4, -0.2) is 32.9 Å². The fourth-order valence-electron chi connectivity index (χ4n) is 2.05. The third-order valence-corrected chi connectivity index (χ3v) is 3.17. The summed E-state index contributed by atoms with van der Waals surface area (Å²) in [6.45, 7) is 3.39. The molecule has 6 heteroatoms. The first-order valence-electron chi connectivity index (χ1n) is 6.64. The van der Waals surface area contributed by atoms with Crippen LogP contribution >= 0.6 is 0 Å². The normalized spacial score (nSPS) is 19.2. The van der Waals surface area contributed by atoms with E-state index in [1.807, 2.05) is 0 Å². The molecule has 112 valence electrons. The van der Waals surface area contributed by atoms with Gasteiger partial charge in [0, 0.05) is 19.7 Å². The van der Waals surface area contributed by atoms with Gasteiger partial charge in [-0.15, -0.1) is 0 Å². The highest BCUT2D eigenvalue weighted by Gasteiger charge is 2.30.